The SMILES string of the molecule is CCOC(=O)c1cnc(-c2cccc(C)c2)nc1Nc1ccc(CN2CCN(C)CC2)cc1. The molecule has 1 aliphatic heterocycles. The summed E-state index contributed by atoms with van der Waals surface area (Å²) >= 11 is 0. The lowest BCUT2D eigenvalue weighted by Crippen LogP contribution is -2.43. The summed E-state index contributed by atoms with van der Waals surface area (Å²) in [6.45, 7) is 9.42. The number of carbonyl (C=O) groups excluding carboxylic acids is 1. The Kier molecular flexibility index (Phi) is 7.32. The molecular formula is C26H31N5O2. The molecule has 1 aliphatic rings. The van der Waals surface area contributed by atoms with Gasteiger partial charge in [-0.3, -0.25) is 4.90 Å². The van der Waals surface area contributed by atoms with Gasteiger partial charge < -0.3 is 15.0 Å². The van der Waals surface area contributed by atoms with E-state index < -0.39 is 5.97 Å². The first-order valence-corrected chi connectivity index (χ1v) is 11.4. The summed E-state index contributed by atoms with van der Waals surface area (Å²) in [6, 6.07) is 16.3. The molecule has 7 nitrogen and oxygen atoms in total. The summed E-state index contributed by atoms with van der Waals surface area (Å²) in [5.41, 5.74) is 4.46. The molecule has 2 aromatic carbocycles. The van der Waals surface area contributed by atoms with Gasteiger partial charge in [0.2, 0.25) is 0 Å². The Morgan fingerprint density at radius 1 is 1.09 bits per heavy atom. The number of piperazine rings is 1. The first-order valence-electron chi connectivity index (χ1n) is 11.4. The maximum atomic E-state index is 12.5. The molecule has 172 valence electrons. The molecule has 0 saturated carbocycles. The average Bonchev–Trinajstić information content (AvgIpc) is 2.82. The van der Waals surface area contributed by atoms with E-state index in [1.807, 2.05) is 43.3 Å². The summed E-state index contributed by atoms with van der Waals surface area (Å²) in [5, 5.41) is 3.30. The number of ether oxygens (including phenoxy) is 1. The van der Waals surface area contributed by atoms with E-state index in [-0.39, 0.29) is 0 Å². The summed E-state index contributed by atoms with van der Waals surface area (Å²) < 4.78 is 5.21. The van der Waals surface area contributed by atoms with Gasteiger partial charge in [0, 0.05) is 50.2 Å². The van der Waals surface area contributed by atoms with Gasteiger partial charge in [0.25, 0.3) is 0 Å². The van der Waals surface area contributed by atoms with Crippen molar-refractivity contribution in [1.82, 2.24) is 19.8 Å². The standard InChI is InChI=1S/C26H31N5O2/c1-4-33-26(32)23-17-27-24(21-7-5-6-19(2)16-21)29-25(23)28-22-10-8-20(9-11-22)18-31-14-12-30(3)13-15-31/h5-11,16-17H,4,12-15,18H2,1-3H3,(H,27,28,29). The summed E-state index contributed by atoms with van der Waals surface area (Å²) in [6.07, 6.45) is 1.53. The lowest BCUT2D eigenvalue weighted by molar-refractivity contribution is 0.0526. The third-order valence-corrected chi connectivity index (χ3v) is 5.78. The van der Waals surface area contributed by atoms with Crippen molar-refractivity contribution < 1.29 is 9.53 Å². The molecule has 0 unspecified atom stereocenters. The molecular weight excluding hydrogens is 414 g/mol. The van der Waals surface area contributed by atoms with Gasteiger partial charge in [-0.05, 0) is 44.7 Å². The monoisotopic (exact) mass is 445 g/mol. The van der Waals surface area contributed by atoms with Gasteiger partial charge in [0.05, 0.1) is 6.61 Å². The highest BCUT2D eigenvalue weighted by molar-refractivity contribution is 5.95. The van der Waals surface area contributed by atoms with Gasteiger partial charge in [-0.1, -0.05) is 35.9 Å². The molecule has 0 spiro atoms. The van der Waals surface area contributed by atoms with Gasteiger partial charge in [0.1, 0.15) is 11.4 Å². The quantitative estimate of drug-likeness (QED) is 0.549. The highest BCUT2D eigenvalue weighted by Crippen LogP contribution is 2.24. The van der Waals surface area contributed by atoms with Crippen molar-refractivity contribution in [2.75, 3.05) is 45.2 Å². The number of aromatic nitrogens is 2. The minimum absolute atomic E-state index is 0.291. The molecule has 7 heteroatoms. The Morgan fingerprint density at radius 2 is 1.85 bits per heavy atom. The smallest absolute Gasteiger partial charge is 0.343 e. The zero-order valence-electron chi connectivity index (χ0n) is 19.5. The van der Waals surface area contributed by atoms with Crippen LogP contribution < -0.4 is 5.32 Å². The van der Waals surface area contributed by atoms with Crippen LogP contribution in [0.2, 0.25) is 0 Å². The summed E-state index contributed by atoms with van der Waals surface area (Å²) in [7, 11) is 2.17. The number of likely N-dealkylation sites (N-methyl/N-ethyl adjacent to an activating group) is 1. The topological polar surface area (TPSA) is 70.6 Å². The molecule has 0 bridgehead atoms. The van der Waals surface area contributed by atoms with Gasteiger partial charge >= 0.3 is 5.97 Å². The highest BCUT2D eigenvalue weighted by atomic mass is 16.5. The number of aryl methyl sites for hydroxylation is 1. The van der Waals surface area contributed by atoms with E-state index in [0.29, 0.717) is 23.8 Å². The van der Waals surface area contributed by atoms with E-state index in [1.165, 1.54) is 11.8 Å². The normalized spacial score (nSPS) is 14.8. The fourth-order valence-corrected chi connectivity index (χ4v) is 3.85. The molecule has 1 saturated heterocycles. The minimum atomic E-state index is -0.442. The van der Waals surface area contributed by atoms with Crippen molar-refractivity contribution in [3.8, 4) is 11.4 Å². The maximum absolute atomic E-state index is 12.5. The van der Waals surface area contributed by atoms with Crippen molar-refractivity contribution in [2.24, 2.45) is 0 Å². The molecule has 1 N–H and O–H groups in total. The summed E-state index contributed by atoms with van der Waals surface area (Å²) in [5.74, 6) is 0.551. The van der Waals surface area contributed by atoms with Crippen LogP contribution in [-0.2, 0) is 11.3 Å². The first-order chi connectivity index (χ1) is 16.0. The molecule has 4 rings (SSSR count). The molecule has 1 fully saturated rings. The second-order valence-corrected chi connectivity index (χ2v) is 8.45. The van der Waals surface area contributed by atoms with Crippen molar-refractivity contribution in [1.29, 1.82) is 0 Å². The van der Waals surface area contributed by atoms with Crippen LogP contribution in [0.3, 0.4) is 0 Å². The van der Waals surface area contributed by atoms with Crippen molar-refractivity contribution in [3.05, 3.63) is 71.4 Å². The molecule has 1 aromatic heterocycles. The molecule has 3 aromatic rings. The molecule has 0 atom stereocenters. The molecule has 0 aliphatic carbocycles. The van der Waals surface area contributed by atoms with Gasteiger partial charge in [-0.15, -0.1) is 0 Å². The molecule has 2 heterocycles. The lowest BCUT2D eigenvalue weighted by Gasteiger charge is -2.32. The van der Waals surface area contributed by atoms with Gasteiger partial charge in [-0.25, -0.2) is 14.8 Å². The number of nitrogens with zero attached hydrogens (tertiary/aromatic N) is 4. The average molecular weight is 446 g/mol. The zero-order chi connectivity index (χ0) is 23.2. The highest BCUT2D eigenvalue weighted by Gasteiger charge is 2.18. The van der Waals surface area contributed by atoms with E-state index in [9.17, 15) is 4.79 Å². The number of esters is 1. The number of carbonyl (C=O) groups is 1. The van der Waals surface area contributed by atoms with Crippen LogP contribution >= 0.6 is 0 Å². The first kappa shape index (κ1) is 22.9. The van der Waals surface area contributed by atoms with Crippen LogP contribution in [0, 0.1) is 6.92 Å². The predicted octanol–water partition coefficient (Wildman–Crippen LogP) is 4.12. The number of nitrogens with one attached hydrogen (secondary N) is 1. The van der Waals surface area contributed by atoms with E-state index in [0.717, 1.165) is 49.5 Å². The van der Waals surface area contributed by atoms with Crippen molar-refractivity contribution in [2.45, 2.75) is 20.4 Å². The number of hydrogen-bond donors (Lipinski definition) is 1. The fraction of sp³-hybridized carbons (Fsp3) is 0.346. The van der Waals surface area contributed by atoms with Crippen LogP contribution in [0.15, 0.2) is 54.7 Å². The van der Waals surface area contributed by atoms with Crippen LogP contribution in [0.25, 0.3) is 11.4 Å². The number of benzene rings is 2. The van der Waals surface area contributed by atoms with Crippen molar-refractivity contribution >= 4 is 17.5 Å². The van der Waals surface area contributed by atoms with Gasteiger partial charge in [-0.2, -0.15) is 0 Å². The Labute approximate surface area is 195 Å². The zero-order valence-corrected chi connectivity index (χ0v) is 19.5. The third-order valence-electron chi connectivity index (χ3n) is 5.78. The van der Waals surface area contributed by atoms with Crippen LogP contribution in [0.1, 0.15) is 28.4 Å². The number of hydrogen-bond acceptors (Lipinski definition) is 7. The van der Waals surface area contributed by atoms with E-state index in [2.05, 4.69) is 44.3 Å². The Morgan fingerprint density at radius 3 is 2.55 bits per heavy atom. The number of rotatable bonds is 7. The third kappa shape index (κ3) is 5.94. The van der Waals surface area contributed by atoms with E-state index >= 15 is 0 Å². The lowest BCUT2D eigenvalue weighted by atomic mass is 10.1. The van der Waals surface area contributed by atoms with Crippen LogP contribution in [0.4, 0.5) is 11.5 Å². The maximum Gasteiger partial charge on any atom is 0.343 e. The Hall–Kier alpha value is -3.29. The fourth-order valence-electron chi connectivity index (χ4n) is 3.85. The second kappa shape index (κ2) is 10.6. The van der Waals surface area contributed by atoms with Crippen LogP contribution in [0.5, 0.6) is 0 Å². The largest absolute Gasteiger partial charge is 0.462 e. The predicted molar refractivity (Wildman–Crippen MR) is 131 cm³/mol. The minimum Gasteiger partial charge on any atom is -0.462 e. The summed E-state index contributed by atoms with van der Waals surface area (Å²) in [4.78, 5) is 26.4. The van der Waals surface area contributed by atoms with Crippen molar-refractivity contribution in [3.63, 3.8) is 0 Å². The van der Waals surface area contributed by atoms with Crippen LogP contribution in [-0.4, -0.2) is 65.6 Å². The van der Waals surface area contributed by atoms with E-state index in [4.69, 9.17) is 4.74 Å². The Balaban J connectivity index is 1.54. The second-order valence-electron chi connectivity index (χ2n) is 8.45. The molecule has 0 amide bonds. The van der Waals surface area contributed by atoms with Gasteiger partial charge in [0.15, 0.2) is 5.82 Å². The Bertz CT molecular complexity index is 1090. The number of anilines is 2. The molecule has 33 heavy (non-hydrogen) atoms. The molecule has 0 radical (unpaired) electrons. The van der Waals surface area contributed by atoms with E-state index in [1.54, 1.807) is 6.92 Å².